The molecule has 0 aromatic rings. The molecule has 0 fully saturated rings. The Balaban J connectivity index is 4.69. The van der Waals surface area contributed by atoms with Crippen LogP contribution in [0, 0.1) is 0 Å². The quantitative estimate of drug-likeness (QED) is 0.712. The lowest BCUT2D eigenvalue weighted by molar-refractivity contribution is 0.244. The number of aliphatic hydroxyl groups is 1. The predicted molar refractivity (Wildman–Crippen MR) is 49.5 cm³/mol. The zero-order valence-electron chi connectivity index (χ0n) is 7.90. The summed E-state index contributed by atoms with van der Waals surface area (Å²) in [4.78, 5) is 0. The first-order valence-electron chi connectivity index (χ1n) is 3.78. The second-order valence-corrected chi connectivity index (χ2v) is 6.31. The molecule has 0 radical (unpaired) electrons. The molecule has 0 aromatic carbocycles. The Morgan fingerprint density at radius 3 is 2.00 bits per heavy atom. The summed E-state index contributed by atoms with van der Waals surface area (Å²) in [6, 6.07) is 0. The normalized spacial score (nSPS) is 16.8. The third kappa shape index (κ3) is 3.36. The number of hydrogen-bond acceptors (Lipinski definition) is 3. The molecule has 1 atom stereocenters. The summed E-state index contributed by atoms with van der Waals surface area (Å²) in [6.45, 7) is 6.37. The largest absolute Gasteiger partial charge is 0.389 e. The van der Waals surface area contributed by atoms with Crippen molar-refractivity contribution < 1.29 is 13.5 Å². The van der Waals surface area contributed by atoms with Gasteiger partial charge in [-0.1, -0.05) is 0 Å². The molecular formula is C8H16O3S. The summed E-state index contributed by atoms with van der Waals surface area (Å²) >= 11 is 0. The van der Waals surface area contributed by atoms with E-state index in [-0.39, 0.29) is 0 Å². The van der Waals surface area contributed by atoms with Gasteiger partial charge in [-0.05, 0) is 33.8 Å². The van der Waals surface area contributed by atoms with Gasteiger partial charge < -0.3 is 5.11 Å². The summed E-state index contributed by atoms with van der Waals surface area (Å²) in [5.41, 5.74) is 0. The van der Waals surface area contributed by atoms with Crippen LogP contribution in [0.15, 0.2) is 11.5 Å². The molecule has 12 heavy (non-hydrogen) atoms. The van der Waals surface area contributed by atoms with Crippen molar-refractivity contribution in [3.05, 3.63) is 11.5 Å². The molecule has 0 heterocycles. The molecule has 0 rings (SSSR count). The highest BCUT2D eigenvalue weighted by molar-refractivity contribution is 7.95. The second kappa shape index (κ2) is 3.58. The summed E-state index contributed by atoms with van der Waals surface area (Å²) < 4.78 is 21.9. The molecule has 0 saturated heterocycles. The number of hydrogen-bond donors (Lipinski definition) is 1. The molecule has 0 aliphatic carbocycles. The molecule has 0 aromatic heterocycles. The van der Waals surface area contributed by atoms with Crippen molar-refractivity contribution >= 4 is 9.84 Å². The first-order chi connectivity index (χ1) is 5.17. The van der Waals surface area contributed by atoms with E-state index in [1.807, 2.05) is 0 Å². The number of sulfone groups is 1. The number of aliphatic hydroxyl groups excluding tert-OH is 1. The van der Waals surface area contributed by atoms with Gasteiger partial charge in [0.1, 0.15) is 0 Å². The van der Waals surface area contributed by atoms with E-state index in [4.69, 9.17) is 5.11 Å². The van der Waals surface area contributed by atoms with Crippen molar-refractivity contribution in [1.29, 1.82) is 0 Å². The Morgan fingerprint density at radius 2 is 1.75 bits per heavy atom. The van der Waals surface area contributed by atoms with E-state index in [1.165, 1.54) is 13.0 Å². The van der Waals surface area contributed by atoms with Crippen LogP contribution < -0.4 is 0 Å². The Bertz CT molecular complexity index is 255. The third-order valence-corrected chi connectivity index (χ3v) is 3.61. The van der Waals surface area contributed by atoms with Crippen molar-refractivity contribution in [3.8, 4) is 0 Å². The molecule has 0 spiro atoms. The van der Waals surface area contributed by atoms with Crippen molar-refractivity contribution in [2.45, 2.75) is 38.5 Å². The van der Waals surface area contributed by atoms with E-state index in [2.05, 4.69) is 0 Å². The lowest BCUT2D eigenvalue weighted by Gasteiger charge is -2.15. The maximum absolute atomic E-state index is 11.4. The highest BCUT2D eigenvalue weighted by Crippen LogP contribution is 2.16. The van der Waals surface area contributed by atoms with Crippen molar-refractivity contribution in [2.24, 2.45) is 0 Å². The minimum absolute atomic E-state index is 0.720. The average Bonchev–Trinajstić information content (AvgIpc) is 1.81. The lowest BCUT2D eigenvalue weighted by atomic mass is 10.3. The fraction of sp³-hybridized carbons (Fsp3) is 0.750. The molecule has 0 saturated carbocycles. The Morgan fingerprint density at radius 1 is 1.33 bits per heavy atom. The minimum atomic E-state index is -3.23. The third-order valence-electron chi connectivity index (χ3n) is 1.39. The van der Waals surface area contributed by atoms with Gasteiger partial charge in [0, 0.05) is 5.41 Å². The van der Waals surface area contributed by atoms with Crippen LogP contribution in [-0.4, -0.2) is 24.4 Å². The van der Waals surface area contributed by atoms with Crippen molar-refractivity contribution in [3.63, 3.8) is 0 Å². The Labute approximate surface area is 74.0 Å². The monoisotopic (exact) mass is 192 g/mol. The molecule has 0 aliphatic rings. The van der Waals surface area contributed by atoms with Gasteiger partial charge in [0.2, 0.25) is 0 Å². The van der Waals surface area contributed by atoms with Crippen molar-refractivity contribution in [2.75, 3.05) is 0 Å². The molecule has 1 N–H and O–H groups in total. The van der Waals surface area contributed by atoms with Crippen molar-refractivity contribution in [1.82, 2.24) is 0 Å². The van der Waals surface area contributed by atoms with Gasteiger partial charge in [-0.2, -0.15) is 0 Å². The summed E-state index contributed by atoms with van der Waals surface area (Å²) in [6.07, 6.45) is 0.544. The molecule has 0 bridgehead atoms. The topological polar surface area (TPSA) is 54.4 Å². The van der Waals surface area contributed by atoms with Crippen LogP contribution in [0.4, 0.5) is 0 Å². The number of rotatable bonds is 2. The standard InChI is InChI=1S/C8H16O3S/c1-7(9)5-6-12(10,11)8(2,3)4/h5-7,9H,1-4H3/b6-5+. The highest BCUT2D eigenvalue weighted by Gasteiger charge is 2.25. The van der Waals surface area contributed by atoms with Gasteiger partial charge in [0.25, 0.3) is 0 Å². The second-order valence-electron chi connectivity index (χ2n) is 3.73. The van der Waals surface area contributed by atoms with Crippen LogP contribution >= 0.6 is 0 Å². The SMILES string of the molecule is CC(O)/C=C/S(=O)(=O)C(C)(C)C. The molecule has 72 valence electrons. The van der Waals surface area contributed by atoms with E-state index >= 15 is 0 Å². The fourth-order valence-corrected chi connectivity index (χ4v) is 1.26. The fourth-order valence-electron chi connectivity index (χ4n) is 0.421. The van der Waals surface area contributed by atoms with Gasteiger partial charge in [-0.25, -0.2) is 8.42 Å². The highest BCUT2D eigenvalue weighted by atomic mass is 32.2. The zero-order chi connectivity index (χ0) is 9.99. The smallest absolute Gasteiger partial charge is 0.176 e. The van der Waals surface area contributed by atoms with E-state index in [0.29, 0.717) is 0 Å². The van der Waals surface area contributed by atoms with Crippen LogP contribution in [0.1, 0.15) is 27.7 Å². The minimum Gasteiger partial charge on any atom is -0.389 e. The first kappa shape index (κ1) is 11.6. The Hall–Kier alpha value is -0.350. The van der Waals surface area contributed by atoms with Gasteiger partial charge in [-0.15, -0.1) is 0 Å². The first-order valence-corrected chi connectivity index (χ1v) is 5.32. The van der Waals surface area contributed by atoms with Crippen LogP contribution in [0.2, 0.25) is 0 Å². The molecular weight excluding hydrogens is 176 g/mol. The molecule has 0 amide bonds. The Kier molecular flexibility index (Phi) is 3.47. The summed E-state index contributed by atoms with van der Waals surface area (Å²) in [7, 11) is -3.23. The van der Waals surface area contributed by atoms with Crippen LogP contribution in [0.3, 0.4) is 0 Å². The molecule has 4 heteroatoms. The molecule has 0 aliphatic heterocycles. The van der Waals surface area contributed by atoms with E-state index < -0.39 is 20.7 Å². The van der Waals surface area contributed by atoms with E-state index in [9.17, 15) is 8.42 Å². The predicted octanol–water partition coefficient (Wildman–Crippen LogP) is 1.09. The zero-order valence-corrected chi connectivity index (χ0v) is 8.72. The lowest BCUT2D eigenvalue weighted by Crippen LogP contribution is -2.25. The van der Waals surface area contributed by atoms with Gasteiger partial charge >= 0.3 is 0 Å². The maximum atomic E-state index is 11.4. The summed E-state index contributed by atoms with van der Waals surface area (Å²) in [5.74, 6) is 0. The molecule has 1 unspecified atom stereocenters. The molecule has 3 nitrogen and oxygen atoms in total. The van der Waals surface area contributed by atoms with Crippen LogP contribution in [0.5, 0.6) is 0 Å². The van der Waals surface area contributed by atoms with E-state index in [1.54, 1.807) is 20.8 Å². The van der Waals surface area contributed by atoms with E-state index in [0.717, 1.165) is 5.41 Å². The van der Waals surface area contributed by atoms with Gasteiger partial charge in [0.05, 0.1) is 10.9 Å². The van der Waals surface area contributed by atoms with Crippen LogP contribution in [0.25, 0.3) is 0 Å². The van der Waals surface area contributed by atoms with Crippen LogP contribution in [-0.2, 0) is 9.84 Å². The van der Waals surface area contributed by atoms with Gasteiger partial charge in [0.15, 0.2) is 9.84 Å². The van der Waals surface area contributed by atoms with Gasteiger partial charge in [-0.3, -0.25) is 0 Å². The maximum Gasteiger partial charge on any atom is 0.176 e. The summed E-state index contributed by atoms with van der Waals surface area (Å²) in [5, 5.41) is 9.90. The average molecular weight is 192 g/mol.